The molecule has 5 rings (SSSR count). The van der Waals surface area contributed by atoms with Crippen molar-refractivity contribution in [1.29, 1.82) is 0 Å². The molecule has 2 aliphatic carbocycles. The van der Waals surface area contributed by atoms with Crippen LogP contribution in [0.5, 0.6) is 0 Å². The van der Waals surface area contributed by atoms with Gasteiger partial charge in [0.1, 0.15) is 0 Å². The summed E-state index contributed by atoms with van der Waals surface area (Å²) >= 11 is -0.826. The summed E-state index contributed by atoms with van der Waals surface area (Å²) in [4.78, 5) is 0. The Balaban J connectivity index is 0.000000604. The van der Waals surface area contributed by atoms with Crippen molar-refractivity contribution in [2.24, 2.45) is 5.92 Å². The second-order valence-electron chi connectivity index (χ2n) is 7.32. The van der Waals surface area contributed by atoms with E-state index in [2.05, 4.69) is 92.2 Å². The van der Waals surface area contributed by atoms with Gasteiger partial charge in [0, 0.05) is 0 Å². The zero-order valence-electron chi connectivity index (χ0n) is 15.7. The average molecular weight is 484 g/mol. The monoisotopic (exact) mass is 481 g/mol. The molecule has 0 aromatic heterocycles. The third-order valence-electron chi connectivity index (χ3n) is 5.73. The van der Waals surface area contributed by atoms with E-state index in [0.29, 0.717) is 11.8 Å². The molecule has 0 saturated heterocycles. The van der Waals surface area contributed by atoms with Gasteiger partial charge in [0.05, 0.1) is 0 Å². The molecule has 0 amide bonds. The van der Waals surface area contributed by atoms with Crippen LogP contribution in [0, 0.1) is 12.3 Å². The molecule has 0 N–H and O–H groups in total. The third kappa shape index (κ3) is 3.90. The number of halogens is 2. The van der Waals surface area contributed by atoms with Gasteiger partial charge in [-0.2, -0.15) is 18.1 Å². The van der Waals surface area contributed by atoms with Crippen molar-refractivity contribution in [3.63, 3.8) is 0 Å². The van der Waals surface area contributed by atoms with E-state index in [1.807, 2.05) is 0 Å². The normalized spacial score (nSPS) is 16.3. The van der Waals surface area contributed by atoms with E-state index in [1.165, 1.54) is 38.9 Å². The minimum atomic E-state index is -0.826. The Kier molecular flexibility index (Phi) is 6.46. The molecule has 0 bridgehead atoms. The van der Waals surface area contributed by atoms with Gasteiger partial charge in [-0.05, 0) is 34.6 Å². The van der Waals surface area contributed by atoms with Gasteiger partial charge in [-0.1, -0.05) is 85.2 Å². The van der Waals surface area contributed by atoms with Crippen LogP contribution in [0.25, 0.3) is 17.2 Å². The number of fused-ring (bicyclic) bond motifs is 4. The van der Waals surface area contributed by atoms with Crippen LogP contribution in [0.3, 0.4) is 0 Å². The maximum atomic E-state index is 4.93. The van der Waals surface area contributed by atoms with Gasteiger partial charge >= 0.3 is 37.9 Å². The average Bonchev–Trinajstić information content (AvgIpc) is 3.31. The van der Waals surface area contributed by atoms with Crippen molar-refractivity contribution in [3.05, 3.63) is 107 Å². The van der Waals surface area contributed by atoms with Crippen LogP contribution < -0.4 is 0 Å². The molecule has 0 saturated carbocycles. The SMILES string of the molecule is CC([CH-]c1cccc2c1Cc1ccccc1-2)C1C=Cc2ccccc21.[Cl][Zr][Cl]. The molecule has 0 spiro atoms. The van der Waals surface area contributed by atoms with Gasteiger partial charge in [-0.25, -0.2) is 0 Å². The molecule has 0 heterocycles. The Bertz CT molecular complexity index is 1010. The zero-order chi connectivity index (χ0) is 19.5. The molecule has 28 heavy (non-hydrogen) atoms. The predicted octanol–water partition coefficient (Wildman–Crippen LogP) is 7.63. The Morgan fingerprint density at radius 3 is 2.50 bits per heavy atom. The molecule has 0 fully saturated rings. The Labute approximate surface area is 186 Å². The van der Waals surface area contributed by atoms with Crippen molar-refractivity contribution in [2.75, 3.05) is 0 Å². The van der Waals surface area contributed by atoms with Crippen molar-refractivity contribution in [2.45, 2.75) is 19.3 Å². The van der Waals surface area contributed by atoms with Gasteiger partial charge in [0.15, 0.2) is 0 Å². The first-order valence-corrected chi connectivity index (χ1v) is 15.8. The van der Waals surface area contributed by atoms with Crippen LogP contribution in [0.15, 0.2) is 72.8 Å². The number of hydrogen-bond donors (Lipinski definition) is 0. The first-order valence-electron chi connectivity index (χ1n) is 9.51. The topological polar surface area (TPSA) is 0 Å². The van der Waals surface area contributed by atoms with Crippen LogP contribution in [-0.2, 0) is 27.3 Å². The maximum absolute atomic E-state index is 4.93. The fraction of sp³-hybridized carbons (Fsp3) is 0.160. The molecule has 0 aliphatic heterocycles. The quantitative estimate of drug-likeness (QED) is 0.263. The van der Waals surface area contributed by atoms with Crippen molar-refractivity contribution >= 4 is 23.1 Å². The molecule has 3 aromatic carbocycles. The number of benzene rings is 3. The summed E-state index contributed by atoms with van der Waals surface area (Å²) in [6.45, 7) is 2.35. The number of rotatable bonds is 3. The predicted molar refractivity (Wildman–Crippen MR) is 117 cm³/mol. The van der Waals surface area contributed by atoms with Crippen LogP contribution in [0.4, 0.5) is 0 Å². The molecule has 2 unspecified atom stereocenters. The molecule has 3 heteroatoms. The Morgan fingerprint density at radius 2 is 1.64 bits per heavy atom. The van der Waals surface area contributed by atoms with E-state index in [-0.39, 0.29) is 0 Å². The van der Waals surface area contributed by atoms with Gasteiger partial charge < -0.3 is 0 Å². The molecule has 140 valence electrons. The fourth-order valence-corrected chi connectivity index (χ4v) is 4.46. The van der Waals surface area contributed by atoms with Crippen molar-refractivity contribution in [1.82, 2.24) is 0 Å². The van der Waals surface area contributed by atoms with E-state index in [0.717, 1.165) is 6.42 Å². The minimum absolute atomic E-state index is 0.482. The van der Waals surface area contributed by atoms with Crippen molar-refractivity contribution < 1.29 is 20.8 Å². The molecule has 0 radical (unpaired) electrons. The summed E-state index contributed by atoms with van der Waals surface area (Å²) in [7, 11) is 9.87. The molecule has 2 aliphatic rings. The van der Waals surface area contributed by atoms with E-state index in [1.54, 1.807) is 0 Å². The van der Waals surface area contributed by atoms with Gasteiger partial charge in [0.2, 0.25) is 0 Å². The van der Waals surface area contributed by atoms with Gasteiger partial charge in [-0.3, -0.25) is 0 Å². The summed E-state index contributed by atoms with van der Waals surface area (Å²) < 4.78 is 0. The zero-order valence-corrected chi connectivity index (χ0v) is 19.7. The fourth-order valence-electron chi connectivity index (χ4n) is 4.46. The molecular weight excluding hydrogens is 462 g/mol. The van der Waals surface area contributed by atoms with E-state index in [9.17, 15) is 0 Å². The van der Waals surface area contributed by atoms with Crippen LogP contribution >= 0.6 is 17.0 Å². The van der Waals surface area contributed by atoms with Gasteiger partial charge in [-0.15, -0.1) is 11.6 Å². The number of hydrogen-bond acceptors (Lipinski definition) is 0. The number of allylic oxidation sites excluding steroid dienone is 1. The Hall–Kier alpha value is -1.27. The first-order chi connectivity index (χ1) is 13.7. The first kappa shape index (κ1) is 20.0. The molecule has 0 nitrogen and oxygen atoms in total. The van der Waals surface area contributed by atoms with Crippen LogP contribution in [0.2, 0.25) is 0 Å². The Morgan fingerprint density at radius 1 is 0.929 bits per heavy atom. The van der Waals surface area contributed by atoms with E-state index < -0.39 is 20.8 Å². The second-order valence-corrected chi connectivity index (χ2v) is 11.1. The van der Waals surface area contributed by atoms with Crippen molar-refractivity contribution in [3.8, 4) is 11.1 Å². The molecular formula is C25H21Cl2Zr-. The molecule has 3 aromatic rings. The van der Waals surface area contributed by atoms with Crippen LogP contribution in [0.1, 0.15) is 40.7 Å². The summed E-state index contributed by atoms with van der Waals surface area (Å²) in [5.74, 6) is 0.964. The molecule has 2 atom stereocenters. The standard InChI is InChI=1S/C25H21.2ClH.Zr/c1-17(21-14-13-18-7-2-4-10-22(18)21)15-19-9-6-12-24-23-11-5-3-8-20(23)16-25(19)24;;;/h2-15,17,21H,16H2,1H3;2*1H;/q-1;;;+2/p-2. The second kappa shape index (κ2) is 9.04. The van der Waals surface area contributed by atoms with E-state index in [4.69, 9.17) is 17.0 Å². The van der Waals surface area contributed by atoms with Gasteiger partial charge in [0.25, 0.3) is 0 Å². The summed E-state index contributed by atoms with van der Waals surface area (Å²) in [5.41, 5.74) is 10.0. The summed E-state index contributed by atoms with van der Waals surface area (Å²) in [6, 6.07) is 24.3. The van der Waals surface area contributed by atoms with E-state index >= 15 is 0 Å². The summed E-state index contributed by atoms with van der Waals surface area (Å²) in [6.07, 6.45) is 8.17. The third-order valence-corrected chi connectivity index (χ3v) is 5.73. The van der Waals surface area contributed by atoms with Crippen LogP contribution in [-0.4, -0.2) is 0 Å². The summed E-state index contributed by atoms with van der Waals surface area (Å²) in [5, 5.41) is 0.